The fourth-order valence-corrected chi connectivity index (χ4v) is 3.24. The van der Waals surface area contributed by atoms with Crippen LogP contribution in [0.3, 0.4) is 0 Å². The van der Waals surface area contributed by atoms with Crippen molar-refractivity contribution in [2.75, 3.05) is 10.6 Å². The first-order chi connectivity index (χ1) is 13.4. The zero-order chi connectivity index (χ0) is 20.4. The molecule has 0 aliphatic rings. The average Bonchev–Trinajstić information content (AvgIpc) is 3.34. The fraction of sp³-hybridized carbons (Fsp3) is 0.353. The van der Waals surface area contributed by atoms with Crippen molar-refractivity contribution in [2.45, 2.75) is 33.9 Å². The van der Waals surface area contributed by atoms with Crippen molar-refractivity contribution in [3.63, 3.8) is 0 Å². The number of carbonyl (C=O) groups is 2. The van der Waals surface area contributed by atoms with Gasteiger partial charge in [-0.1, -0.05) is 0 Å². The van der Waals surface area contributed by atoms with E-state index in [0.717, 1.165) is 5.69 Å². The molecule has 2 amide bonds. The molecule has 10 nitrogen and oxygen atoms in total. The molecule has 3 aromatic rings. The van der Waals surface area contributed by atoms with Gasteiger partial charge in [0.05, 0.1) is 40.1 Å². The van der Waals surface area contributed by atoms with E-state index in [9.17, 15) is 9.59 Å². The molecule has 11 heteroatoms. The van der Waals surface area contributed by atoms with E-state index in [1.165, 1.54) is 10.9 Å². The first-order valence-corrected chi connectivity index (χ1v) is 9.55. The maximum absolute atomic E-state index is 12.9. The first kappa shape index (κ1) is 19.8. The summed E-state index contributed by atoms with van der Waals surface area (Å²) in [7, 11) is 1.79. The van der Waals surface area contributed by atoms with Crippen molar-refractivity contribution >= 4 is 39.1 Å². The van der Waals surface area contributed by atoms with E-state index in [4.69, 9.17) is 0 Å². The lowest BCUT2D eigenvalue weighted by atomic mass is 10.3. The molecule has 3 rings (SSSR count). The van der Waals surface area contributed by atoms with Crippen LogP contribution in [-0.2, 0) is 20.1 Å². The highest BCUT2D eigenvalue weighted by atomic mass is 79.9. The SMILES string of the molecule is CCn1ncc(Br)c1C(=O)Nc1cnn(CC)c1C(=O)Nc1cnn(C)c1C. The largest absolute Gasteiger partial charge is 0.318 e. The van der Waals surface area contributed by atoms with Gasteiger partial charge in [0.15, 0.2) is 0 Å². The predicted octanol–water partition coefficient (Wildman–Crippen LogP) is 2.43. The lowest BCUT2D eigenvalue weighted by Crippen LogP contribution is -2.22. The first-order valence-electron chi connectivity index (χ1n) is 8.75. The van der Waals surface area contributed by atoms with Crippen molar-refractivity contribution in [2.24, 2.45) is 7.05 Å². The van der Waals surface area contributed by atoms with Crippen molar-refractivity contribution in [3.8, 4) is 0 Å². The Morgan fingerprint density at radius 1 is 0.929 bits per heavy atom. The Morgan fingerprint density at radius 3 is 2.07 bits per heavy atom. The average molecular weight is 449 g/mol. The molecule has 0 saturated heterocycles. The summed E-state index contributed by atoms with van der Waals surface area (Å²) in [6, 6.07) is 0. The van der Waals surface area contributed by atoms with Gasteiger partial charge in [0.1, 0.15) is 11.4 Å². The van der Waals surface area contributed by atoms with Gasteiger partial charge in [-0.2, -0.15) is 15.3 Å². The summed E-state index contributed by atoms with van der Waals surface area (Å²) >= 11 is 3.34. The molecular weight excluding hydrogens is 428 g/mol. The summed E-state index contributed by atoms with van der Waals surface area (Å²) < 4.78 is 5.34. The number of amides is 2. The molecule has 0 fully saturated rings. The Balaban J connectivity index is 1.90. The number of halogens is 1. The molecule has 0 aliphatic heterocycles. The van der Waals surface area contributed by atoms with Crippen LogP contribution in [0.4, 0.5) is 11.4 Å². The number of nitrogens with one attached hydrogen (secondary N) is 2. The van der Waals surface area contributed by atoms with E-state index in [1.54, 1.807) is 28.8 Å². The van der Waals surface area contributed by atoms with Crippen LogP contribution in [0, 0.1) is 6.92 Å². The molecule has 0 bridgehead atoms. The number of hydrogen-bond donors (Lipinski definition) is 2. The Kier molecular flexibility index (Phi) is 5.63. The van der Waals surface area contributed by atoms with Gasteiger partial charge in [-0.3, -0.25) is 23.6 Å². The number of hydrogen-bond acceptors (Lipinski definition) is 5. The molecule has 3 heterocycles. The molecule has 3 aromatic heterocycles. The van der Waals surface area contributed by atoms with Crippen molar-refractivity contribution in [1.82, 2.24) is 29.3 Å². The third-order valence-electron chi connectivity index (χ3n) is 4.40. The van der Waals surface area contributed by atoms with Crippen LogP contribution in [0.1, 0.15) is 40.5 Å². The van der Waals surface area contributed by atoms with E-state index in [0.29, 0.717) is 34.6 Å². The zero-order valence-corrected chi connectivity index (χ0v) is 17.6. The van der Waals surface area contributed by atoms with Gasteiger partial charge >= 0.3 is 0 Å². The van der Waals surface area contributed by atoms with Crippen LogP contribution in [0.25, 0.3) is 0 Å². The monoisotopic (exact) mass is 448 g/mol. The smallest absolute Gasteiger partial charge is 0.276 e. The normalized spacial score (nSPS) is 10.9. The number of carbonyl (C=O) groups excluding carboxylic acids is 2. The quantitative estimate of drug-likeness (QED) is 0.601. The predicted molar refractivity (Wildman–Crippen MR) is 107 cm³/mol. The third kappa shape index (κ3) is 3.57. The van der Waals surface area contributed by atoms with Gasteiger partial charge in [-0.05, 0) is 36.7 Å². The maximum atomic E-state index is 12.9. The number of rotatable bonds is 6. The molecule has 2 N–H and O–H groups in total. The Hall–Kier alpha value is -2.95. The lowest BCUT2D eigenvalue weighted by Gasteiger charge is -2.10. The summed E-state index contributed by atoms with van der Waals surface area (Å²) in [5.74, 6) is -0.762. The molecule has 28 heavy (non-hydrogen) atoms. The number of aromatic nitrogens is 6. The highest BCUT2D eigenvalue weighted by molar-refractivity contribution is 9.10. The van der Waals surface area contributed by atoms with E-state index < -0.39 is 0 Å². The standard InChI is InChI=1S/C17H21BrN8O2/c1-5-25-14(11(18)7-20-25)16(27)23-13-9-21-26(6-2)15(13)17(28)22-12-8-19-24(4)10(12)3/h7-9H,5-6H2,1-4H3,(H,22,28)(H,23,27). The Morgan fingerprint density at radius 2 is 1.46 bits per heavy atom. The molecule has 0 radical (unpaired) electrons. The summed E-state index contributed by atoms with van der Waals surface area (Å²) in [4.78, 5) is 25.7. The van der Waals surface area contributed by atoms with Gasteiger partial charge < -0.3 is 10.6 Å². The van der Waals surface area contributed by atoms with Crippen LogP contribution in [0.2, 0.25) is 0 Å². The van der Waals surface area contributed by atoms with Crippen LogP contribution < -0.4 is 10.6 Å². The lowest BCUT2D eigenvalue weighted by molar-refractivity contribution is 0.101. The van der Waals surface area contributed by atoms with Gasteiger partial charge in [-0.25, -0.2) is 0 Å². The second-order valence-electron chi connectivity index (χ2n) is 6.06. The second kappa shape index (κ2) is 7.97. The Labute approximate surface area is 170 Å². The summed E-state index contributed by atoms with van der Waals surface area (Å²) in [6.45, 7) is 6.62. The molecule has 148 valence electrons. The van der Waals surface area contributed by atoms with E-state index >= 15 is 0 Å². The zero-order valence-electron chi connectivity index (χ0n) is 16.0. The van der Waals surface area contributed by atoms with Gasteiger partial charge in [0, 0.05) is 20.1 Å². The third-order valence-corrected chi connectivity index (χ3v) is 4.98. The van der Waals surface area contributed by atoms with Crippen molar-refractivity contribution < 1.29 is 9.59 Å². The second-order valence-corrected chi connectivity index (χ2v) is 6.91. The molecule has 0 saturated carbocycles. The van der Waals surface area contributed by atoms with Crippen LogP contribution >= 0.6 is 15.9 Å². The van der Waals surface area contributed by atoms with Gasteiger partial charge in [0.25, 0.3) is 11.8 Å². The van der Waals surface area contributed by atoms with E-state index in [2.05, 4.69) is 41.9 Å². The maximum Gasteiger partial charge on any atom is 0.276 e. The van der Waals surface area contributed by atoms with Crippen molar-refractivity contribution in [1.29, 1.82) is 0 Å². The number of anilines is 2. The number of nitrogens with zero attached hydrogens (tertiary/aromatic N) is 6. The Bertz CT molecular complexity index is 1030. The molecule has 0 unspecified atom stereocenters. The minimum atomic E-state index is -0.381. The highest BCUT2D eigenvalue weighted by Crippen LogP contribution is 2.22. The van der Waals surface area contributed by atoms with Crippen molar-refractivity contribution in [3.05, 3.63) is 40.1 Å². The topological polar surface area (TPSA) is 112 Å². The van der Waals surface area contributed by atoms with Crippen LogP contribution in [0.5, 0.6) is 0 Å². The molecule has 0 aliphatic carbocycles. The summed E-state index contributed by atoms with van der Waals surface area (Å²) in [6.07, 6.45) is 4.61. The molecule has 0 aromatic carbocycles. The van der Waals surface area contributed by atoms with E-state index in [1.807, 2.05) is 20.8 Å². The number of aryl methyl sites for hydroxylation is 3. The fourth-order valence-electron chi connectivity index (χ4n) is 2.77. The van der Waals surface area contributed by atoms with Crippen LogP contribution in [-0.4, -0.2) is 41.2 Å². The molecule has 0 atom stereocenters. The molecule has 0 spiro atoms. The molecular formula is C17H21BrN8O2. The minimum Gasteiger partial charge on any atom is -0.318 e. The summed E-state index contributed by atoms with van der Waals surface area (Å²) in [5, 5.41) is 18.1. The van der Waals surface area contributed by atoms with Gasteiger partial charge in [0.2, 0.25) is 0 Å². The summed E-state index contributed by atoms with van der Waals surface area (Å²) in [5.41, 5.74) is 2.37. The van der Waals surface area contributed by atoms with Crippen LogP contribution in [0.15, 0.2) is 23.1 Å². The highest BCUT2D eigenvalue weighted by Gasteiger charge is 2.23. The minimum absolute atomic E-state index is 0.262. The van der Waals surface area contributed by atoms with E-state index in [-0.39, 0.29) is 17.5 Å². The van der Waals surface area contributed by atoms with Gasteiger partial charge in [-0.15, -0.1) is 0 Å².